The number of aryl methyl sites for hydroxylation is 2. The largest absolute Gasteiger partial charge is 0.491 e. The summed E-state index contributed by atoms with van der Waals surface area (Å²) in [6.45, 7) is 7.39. The summed E-state index contributed by atoms with van der Waals surface area (Å²) in [5.41, 5.74) is 3.07. The maximum Gasteiger partial charge on any atom is 0.223 e. The van der Waals surface area contributed by atoms with E-state index < -0.39 is 10.0 Å². The third-order valence-corrected chi connectivity index (χ3v) is 7.74. The van der Waals surface area contributed by atoms with Gasteiger partial charge in [-0.2, -0.15) is 0 Å². The van der Waals surface area contributed by atoms with Crippen LogP contribution in [0.4, 0.5) is 0 Å². The molecular weight excluding hydrogens is 436 g/mol. The average molecular weight is 473 g/mol. The maximum atomic E-state index is 12.8. The Hall–Kier alpha value is -2.38. The Bertz CT molecular complexity index is 1010. The zero-order valence-electron chi connectivity index (χ0n) is 19.9. The molecule has 0 unspecified atom stereocenters. The lowest BCUT2D eigenvalue weighted by molar-refractivity contribution is -0.126. The smallest absolute Gasteiger partial charge is 0.223 e. The second kappa shape index (κ2) is 11.7. The normalized spacial score (nSPS) is 15.5. The summed E-state index contributed by atoms with van der Waals surface area (Å²) >= 11 is 0. The van der Waals surface area contributed by atoms with E-state index in [1.807, 2.05) is 57.2 Å². The number of piperidine rings is 1. The molecule has 0 spiro atoms. The van der Waals surface area contributed by atoms with E-state index in [0.717, 1.165) is 29.7 Å². The first-order chi connectivity index (χ1) is 15.7. The number of benzene rings is 2. The Kier molecular flexibility index (Phi) is 8.92. The van der Waals surface area contributed by atoms with Gasteiger partial charge in [0.05, 0.1) is 11.9 Å². The summed E-state index contributed by atoms with van der Waals surface area (Å²) in [5.74, 6) is 0.791. The van der Waals surface area contributed by atoms with Crippen LogP contribution < -0.4 is 10.1 Å². The molecule has 2 aromatic rings. The lowest BCUT2D eigenvalue weighted by Gasteiger charge is -2.30. The Morgan fingerprint density at radius 3 is 2.42 bits per heavy atom. The molecule has 2 aromatic carbocycles. The number of carbonyl (C=O) groups excluding carboxylic acids is 1. The van der Waals surface area contributed by atoms with Crippen molar-refractivity contribution in [3.63, 3.8) is 0 Å². The van der Waals surface area contributed by atoms with Crippen molar-refractivity contribution in [2.75, 3.05) is 19.6 Å². The lowest BCUT2D eigenvalue weighted by Crippen LogP contribution is -2.43. The first-order valence-corrected chi connectivity index (χ1v) is 13.4. The minimum absolute atomic E-state index is 0.0100. The highest BCUT2D eigenvalue weighted by Gasteiger charge is 2.31. The van der Waals surface area contributed by atoms with Crippen molar-refractivity contribution in [1.29, 1.82) is 0 Å². The van der Waals surface area contributed by atoms with Crippen molar-refractivity contribution in [1.82, 2.24) is 9.62 Å². The fraction of sp³-hybridized carbons (Fsp3) is 0.500. The van der Waals surface area contributed by atoms with Gasteiger partial charge in [-0.1, -0.05) is 42.0 Å². The van der Waals surface area contributed by atoms with Crippen LogP contribution in [-0.2, 0) is 27.0 Å². The van der Waals surface area contributed by atoms with Gasteiger partial charge in [-0.05, 0) is 69.7 Å². The van der Waals surface area contributed by atoms with E-state index in [1.54, 1.807) is 0 Å². The van der Waals surface area contributed by atoms with E-state index in [0.29, 0.717) is 32.5 Å². The zero-order chi connectivity index (χ0) is 23.8. The summed E-state index contributed by atoms with van der Waals surface area (Å²) in [6.07, 6.45) is 3.04. The molecule has 1 N–H and O–H groups in total. The molecule has 1 heterocycles. The van der Waals surface area contributed by atoms with Gasteiger partial charge >= 0.3 is 0 Å². The Balaban J connectivity index is 1.37. The third-order valence-electron chi connectivity index (χ3n) is 5.89. The fourth-order valence-corrected chi connectivity index (χ4v) is 5.71. The highest BCUT2D eigenvalue weighted by atomic mass is 32.2. The van der Waals surface area contributed by atoms with Crippen LogP contribution >= 0.6 is 0 Å². The van der Waals surface area contributed by atoms with Gasteiger partial charge in [-0.3, -0.25) is 4.79 Å². The van der Waals surface area contributed by atoms with Crippen LogP contribution in [0.5, 0.6) is 5.75 Å². The van der Waals surface area contributed by atoms with Crippen molar-refractivity contribution in [2.24, 2.45) is 5.92 Å². The second-order valence-electron chi connectivity index (χ2n) is 9.12. The van der Waals surface area contributed by atoms with E-state index >= 15 is 0 Å². The van der Waals surface area contributed by atoms with Gasteiger partial charge in [-0.25, -0.2) is 12.7 Å². The number of nitrogens with one attached hydrogen (secondary N) is 1. The van der Waals surface area contributed by atoms with Crippen LogP contribution in [0.15, 0.2) is 48.5 Å². The monoisotopic (exact) mass is 472 g/mol. The van der Waals surface area contributed by atoms with Gasteiger partial charge in [0.2, 0.25) is 15.9 Å². The van der Waals surface area contributed by atoms with Gasteiger partial charge in [-0.15, -0.1) is 0 Å². The molecule has 180 valence electrons. The SMILES string of the molecule is Cc1cccc(CS(=O)(=O)N2CCC(C(=O)NCCCc3ccc(OC(C)C)cc3)CC2)c1. The summed E-state index contributed by atoms with van der Waals surface area (Å²) in [4.78, 5) is 12.5. The maximum absolute atomic E-state index is 12.8. The van der Waals surface area contributed by atoms with Crippen LogP contribution in [0, 0.1) is 12.8 Å². The summed E-state index contributed by atoms with van der Waals surface area (Å²) in [6, 6.07) is 15.7. The predicted octanol–water partition coefficient (Wildman–Crippen LogP) is 4.07. The van der Waals surface area contributed by atoms with Crippen LogP contribution in [-0.4, -0.2) is 44.4 Å². The molecule has 1 aliphatic rings. The highest BCUT2D eigenvalue weighted by Crippen LogP contribution is 2.22. The Morgan fingerprint density at radius 1 is 1.09 bits per heavy atom. The van der Waals surface area contributed by atoms with Gasteiger partial charge < -0.3 is 10.1 Å². The third kappa shape index (κ3) is 7.86. The molecule has 0 aromatic heterocycles. The molecule has 1 saturated heterocycles. The number of carbonyl (C=O) groups is 1. The molecule has 33 heavy (non-hydrogen) atoms. The summed E-state index contributed by atoms with van der Waals surface area (Å²) in [7, 11) is -3.37. The number of rotatable bonds is 10. The van der Waals surface area contributed by atoms with Crippen molar-refractivity contribution in [2.45, 2.75) is 58.3 Å². The number of hydrogen-bond donors (Lipinski definition) is 1. The van der Waals surface area contributed by atoms with Crippen molar-refractivity contribution in [3.8, 4) is 5.75 Å². The minimum Gasteiger partial charge on any atom is -0.491 e. The van der Waals surface area contributed by atoms with E-state index in [9.17, 15) is 13.2 Å². The first-order valence-electron chi connectivity index (χ1n) is 11.8. The van der Waals surface area contributed by atoms with Crippen molar-refractivity contribution < 1.29 is 17.9 Å². The summed E-state index contributed by atoms with van der Waals surface area (Å²) < 4.78 is 32.8. The molecule has 1 aliphatic heterocycles. The van der Waals surface area contributed by atoms with Crippen LogP contribution in [0.2, 0.25) is 0 Å². The van der Waals surface area contributed by atoms with Crippen LogP contribution in [0.3, 0.4) is 0 Å². The first kappa shape index (κ1) is 25.2. The molecule has 1 fully saturated rings. The second-order valence-corrected chi connectivity index (χ2v) is 11.1. The van der Waals surface area contributed by atoms with E-state index in [1.165, 1.54) is 9.87 Å². The minimum atomic E-state index is -3.37. The van der Waals surface area contributed by atoms with Gasteiger partial charge in [0.1, 0.15) is 5.75 Å². The number of sulfonamides is 1. The number of ether oxygens (including phenoxy) is 1. The molecule has 0 aliphatic carbocycles. The molecule has 7 heteroatoms. The van der Waals surface area contributed by atoms with E-state index in [-0.39, 0.29) is 23.7 Å². The number of hydrogen-bond acceptors (Lipinski definition) is 4. The topological polar surface area (TPSA) is 75.7 Å². The zero-order valence-corrected chi connectivity index (χ0v) is 20.7. The van der Waals surface area contributed by atoms with Crippen LogP contribution in [0.1, 0.15) is 49.8 Å². The van der Waals surface area contributed by atoms with Crippen molar-refractivity contribution in [3.05, 3.63) is 65.2 Å². The molecule has 0 radical (unpaired) electrons. The van der Waals surface area contributed by atoms with E-state index in [4.69, 9.17) is 4.74 Å². The molecular formula is C26H36N2O4S. The fourth-order valence-electron chi connectivity index (χ4n) is 4.16. The molecule has 3 rings (SSSR count). The molecule has 6 nitrogen and oxygen atoms in total. The van der Waals surface area contributed by atoms with Crippen molar-refractivity contribution >= 4 is 15.9 Å². The molecule has 0 saturated carbocycles. The number of amides is 1. The van der Waals surface area contributed by atoms with Crippen LogP contribution in [0.25, 0.3) is 0 Å². The summed E-state index contributed by atoms with van der Waals surface area (Å²) in [5, 5.41) is 3.03. The lowest BCUT2D eigenvalue weighted by atomic mass is 9.97. The van der Waals surface area contributed by atoms with Gasteiger partial charge in [0.25, 0.3) is 0 Å². The number of nitrogens with zero attached hydrogens (tertiary/aromatic N) is 1. The van der Waals surface area contributed by atoms with E-state index in [2.05, 4.69) is 17.4 Å². The Morgan fingerprint density at radius 2 is 1.79 bits per heavy atom. The molecule has 0 bridgehead atoms. The van der Waals surface area contributed by atoms with Gasteiger partial charge in [0, 0.05) is 25.6 Å². The highest BCUT2D eigenvalue weighted by molar-refractivity contribution is 7.88. The Labute approximate surface area is 198 Å². The average Bonchev–Trinajstić information content (AvgIpc) is 2.77. The quantitative estimate of drug-likeness (QED) is 0.529. The standard InChI is InChI=1S/C26H36N2O4S/c1-20(2)32-25-11-9-22(10-12-25)8-5-15-27-26(29)24-13-16-28(17-14-24)33(30,31)19-23-7-4-6-21(3)18-23/h4,6-7,9-12,18,20,24H,5,8,13-17,19H2,1-3H3,(H,27,29). The molecule has 0 atom stereocenters. The predicted molar refractivity (Wildman–Crippen MR) is 132 cm³/mol. The van der Waals surface area contributed by atoms with Gasteiger partial charge in [0.15, 0.2) is 0 Å². The molecule has 1 amide bonds.